The van der Waals surface area contributed by atoms with Crippen LogP contribution < -0.4 is 19.9 Å². The smallest absolute Gasteiger partial charge is 0.188 e. The summed E-state index contributed by atoms with van der Waals surface area (Å²) in [7, 11) is 1.66. The Morgan fingerprint density at radius 3 is 2.24 bits per heavy atom. The van der Waals surface area contributed by atoms with Crippen molar-refractivity contribution in [2.24, 2.45) is 5.73 Å². The summed E-state index contributed by atoms with van der Waals surface area (Å²) < 4.78 is 17.8. The largest absolute Gasteiger partial charge is 0.493 e. The van der Waals surface area contributed by atoms with Gasteiger partial charge in [-0.2, -0.15) is 0 Å². The van der Waals surface area contributed by atoms with Crippen molar-refractivity contribution in [2.45, 2.75) is 38.9 Å². The van der Waals surface area contributed by atoms with E-state index in [1.165, 1.54) is 11.1 Å². The lowest BCUT2D eigenvalue weighted by Gasteiger charge is -2.19. The molecule has 0 aliphatic carbocycles. The van der Waals surface area contributed by atoms with Crippen LogP contribution in [0.3, 0.4) is 0 Å². The van der Waals surface area contributed by atoms with E-state index in [1.807, 2.05) is 47.1 Å². The lowest BCUT2D eigenvalue weighted by atomic mass is 10.0. The average molecular weight is 452 g/mol. The molecule has 0 spiro atoms. The molecule has 1 atom stereocenters. The molecular formula is C25H33N5O3. The van der Waals surface area contributed by atoms with Crippen LogP contribution in [0.1, 0.15) is 30.0 Å². The van der Waals surface area contributed by atoms with Crippen molar-refractivity contribution < 1.29 is 14.2 Å². The molecule has 1 unspecified atom stereocenters. The second-order valence-electron chi connectivity index (χ2n) is 8.64. The first-order valence-corrected chi connectivity index (χ1v) is 11.4. The second-order valence-corrected chi connectivity index (χ2v) is 8.64. The van der Waals surface area contributed by atoms with Crippen LogP contribution in [0.4, 0.5) is 0 Å². The van der Waals surface area contributed by atoms with Gasteiger partial charge in [0.1, 0.15) is 18.5 Å². The number of nitrogens with two attached hydrogens (primary N) is 1. The van der Waals surface area contributed by atoms with Gasteiger partial charge in [-0.1, -0.05) is 12.1 Å². The van der Waals surface area contributed by atoms with E-state index in [1.54, 1.807) is 7.11 Å². The molecule has 8 heteroatoms. The first-order valence-electron chi connectivity index (χ1n) is 11.4. The van der Waals surface area contributed by atoms with Crippen molar-refractivity contribution in [3.8, 4) is 17.2 Å². The SMILES string of the molecule is COc1cc2c(cc1OCc1ccc(OC3CCN(C(C)=N)C3)cc1)CCN(C(=N)N)CC2. The first-order chi connectivity index (χ1) is 15.9. The molecule has 0 saturated carbocycles. The number of amidine groups is 1. The number of benzene rings is 2. The minimum absolute atomic E-state index is 0.119. The Balaban J connectivity index is 1.37. The molecule has 0 radical (unpaired) electrons. The van der Waals surface area contributed by atoms with E-state index in [2.05, 4.69) is 6.07 Å². The highest BCUT2D eigenvalue weighted by Crippen LogP contribution is 2.33. The maximum Gasteiger partial charge on any atom is 0.188 e. The Kier molecular flexibility index (Phi) is 6.91. The molecule has 2 aliphatic heterocycles. The van der Waals surface area contributed by atoms with Crippen LogP contribution in [0.2, 0.25) is 0 Å². The zero-order chi connectivity index (χ0) is 23.4. The van der Waals surface area contributed by atoms with Gasteiger partial charge in [0.2, 0.25) is 0 Å². The highest BCUT2D eigenvalue weighted by atomic mass is 16.5. The fourth-order valence-electron chi connectivity index (χ4n) is 4.39. The maximum absolute atomic E-state index is 7.76. The third kappa shape index (κ3) is 5.50. The predicted octanol–water partition coefficient (Wildman–Crippen LogP) is 3.02. The lowest BCUT2D eigenvalue weighted by Crippen LogP contribution is -2.38. The van der Waals surface area contributed by atoms with Crippen molar-refractivity contribution in [1.82, 2.24) is 9.80 Å². The first kappa shape index (κ1) is 22.8. The highest BCUT2D eigenvalue weighted by Gasteiger charge is 2.24. The van der Waals surface area contributed by atoms with E-state index >= 15 is 0 Å². The molecule has 1 fully saturated rings. The average Bonchev–Trinajstić information content (AvgIpc) is 3.17. The summed E-state index contributed by atoms with van der Waals surface area (Å²) in [6.45, 7) is 5.35. The van der Waals surface area contributed by atoms with E-state index in [9.17, 15) is 0 Å². The minimum Gasteiger partial charge on any atom is -0.493 e. The monoisotopic (exact) mass is 451 g/mol. The van der Waals surface area contributed by atoms with E-state index < -0.39 is 0 Å². The van der Waals surface area contributed by atoms with Crippen LogP contribution in [0, 0.1) is 10.8 Å². The molecule has 0 amide bonds. The topological polar surface area (TPSA) is 108 Å². The van der Waals surface area contributed by atoms with Crippen LogP contribution in [-0.2, 0) is 19.4 Å². The Hall–Kier alpha value is -3.42. The number of nitrogens with one attached hydrogen (secondary N) is 2. The van der Waals surface area contributed by atoms with E-state index in [-0.39, 0.29) is 12.1 Å². The van der Waals surface area contributed by atoms with Crippen molar-refractivity contribution >= 4 is 11.8 Å². The van der Waals surface area contributed by atoms with Crippen molar-refractivity contribution in [3.63, 3.8) is 0 Å². The summed E-state index contributed by atoms with van der Waals surface area (Å²) in [5.41, 5.74) is 9.16. The van der Waals surface area contributed by atoms with E-state index in [0.717, 1.165) is 68.3 Å². The van der Waals surface area contributed by atoms with Crippen molar-refractivity contribution in [2.75, 3.05) is 33.3 Å². The van der Waals surface area contributed by atoms with Crippen LogP contribution >= 0.6 is 0 Å². The van der Waals surface area contributed by atoms with Gasteiger partial charge in [-0.25, -0.2) is 0 Å². The van der Waals surface area contributed by atoms with Gasteiger partial charge in [-0.3, -0.25) is 10.8 Å². The number of hydrogen-bond donors (Lipinski definition) is 3. The number of guanidine groups is 1. The molecule has 2 aromatic rings. The predicted molar refractivity (Wildman–Crippen MR) is 129 cm³/mol. The Labute approximate surface area is 195 Å². The van der Waals surface area contributed by atoms with E-state index in [0.29, 0.717) is 12.4 Å². The molecule has 2 aliphatic rings. The fraction of sp³-hybridized carbons (Fsp3) is 0.440. The summed E-state index contributed by atoms with van der Waals surface area (Å²) in [5, 5.41) is 15.5. The third-order valence-electron chi connectivity index (χ3n) is 6.37. The molecule has 2 aromatic carbocycles. The second kappa shape index (κ2) is 10.0. The number of nitrogens with zero attached hydrogens (tertiary/aromatic N) is 2. The molecule has 33 heavy (non-hydrogen) atoms. The standard InChI is InChI=1S/C25H33N5O3/c1-17(26)30-12-9-22(15-30)33-21-5-3-18(4-6-21)16-32-24-14-20-8-11-29(25(27)28)10-7-19(20)13-23(24)31-2/h3-6,13-14,22,26H,7-12,15-16H2,1-2H3,(H3,27,28). The fourth-order valence-corrected chi connectivity index (χ4v) is 4.39. The summed E-state index contributed by atoms with van der Waals surface area (Å²) in [5.74, 6) is 3.00. The Bertz CT molecular complexity index is 1010. The summed E-state index contributed by atoms with van der Waals surface area (Å²) in [6, 6.07) is 12.1. The number of methoxy groups -OCH3 is 1. The summed E-state index contributed by atoms with van der Waals surface area (Å²) in [4.78, 5) is 3.94. The number of ether oxygens (including phenoxy) is 3. The van der Waals surface area contributed by atoms with Crippen LogP contribution in [-0.4, -0.2) is 61.0 Å². The minimum atomic E-state index is 0.119. The molecule has 0 bridgehead atoms. The highest BCUT2D eigenvalue weighted by molar-refractivity contribution is 5.76. The van der Waals surface area contributed by atoms with Crippen LogP contribution in [0.15, 0.2) is 36.4 Å². The van der Waals surface area contributed by atoms with Gasteiger partial charge >= 0.3 is 0 Å². The molecule has 1 saturated heterocycles. The summed E-state index contributed by atoms with van der Waals surface area (Å²) >= 11 is 0. The Morgan fingerprint density at radius 1 is 1.00 bits per heavy atom. The van der Waals surface area contributed by atoms with E-state index in [4.69, 9.17) is 30.8 Å². The molecule has 0 aromatic heterocycles. The van der Waals surface area contributed by atoms with Gasteiger partial charge in [0, 0.05) is 26.1 Å². The summed E-state index contributed by atoms with van der Waals surface area (Å²) in [6.07, 6.45) is 2.70. The van der Waals surface area contributed by atoms with Gasteiger partial charge < -0.3 is 29.7 Å². The van der Waals surface area contributed by atoms with Crippen LogP contribution in [0.25, 0.3) is 0 Å². The van der Waals surface area contributed by atoms with Gasteiger partial charge in [0.15, 0.2) is 17.5 Å². The number of likely N-dealkylation sites (tertiary alicyclic amines) is 1. The molecule has 4 N–H and O–H groups in total. The number of hydrogen-bond acceptors (Lipinski definition) is 5. The van der Waals surface area contributed by atoms with Gasteiger partial charge in [-0.05, 0) is 60.7 Å². The molecule has 8 nitrogen and oxygen atoms in total. The quantitative estimate of drug-likeness (QED) is 0.460. The zero-order valence-electron chi connectivity index (χ0n) is 19.4. The van der Waals surface area contributed by atoms with Gasteiger partial charge in [-0.15, -0.1) is 0 Å². The van der Waals surface area contributed by atoms with Gasteiger partial charge in [0.25, 0.3) is 0 Å². The lowest BCUT2D eigenvalue weighted by molar-refractivity contribution is 0.214. The van der Waals surface area contributed by atoms with Crippen LogP contribution in [0.5, 0.6) is 17.2 Å². The molecule has 2 heterocycles. The molecular weight excluding hydrogens is 418 g/mol. The maximum atomic E-state index is 7.76. The molecule has 176 valence electrons. The van der Waals surface area contributed by atoms with Crippen molar-refractivity contribution in [1.29, 1.82) is 10.8 Å². The van der Waals surface area contributed by atoms with Gasteiger partial charge in [0.05, 0.1) is 19.5 Å². The molecule has 4 rings (SSSR count). The number of rotatable bonds is 6. The number of fused-ring (bicyclic) bond motifs is 1. The Morgan fingerprint density at radius 2 is 1.67 bits per heavy atom. The zero-order valence-corrected chi connectivity index (χ0v) is 19.4. The normalized spacial score (nSPS) is 17.8. The van der Waals surface area contributed by atoms with Crippen molar-refractivity contribution in [3.05, 3.63) is 53.1 Å². The third-order valence-corrected chi connectivity index (χ3v) is 6.37.